The van der Waals surface area contributed by atoms with Crippen LogP contribution in [0.1, 0.15) is 18.1 Å². The Bertz CT molecular complexity index is 480. The Morgan fingerprint density at radius 1 is 1.52 bits per heavy atom. The second kappa shape index (κ2) is 9.09. The van der Waals surface area contributed by atoms with Gasteiger partial charge >= 0.3 is 0 Å². The molecule has 118 valence electrons. The van der Waals surface area contributed by atoms with Crippen LogP contribution in [0.5, 0.6) is 5.75 Å². The van der Waals surface area contributed by atoms with Crippen molar-refractivity contribution >= 4 is 29.9 Å². The van der Waals surface area contributed by atoms with E-state index in [1.807, 2.05) is 13.0 Å². The molecule has 0 aliphatic carbocycles. The van der Waals surface area contributed by atoms with E-state index in [2.05, 4.69) is 22.4 Å². The number of guanidine groups is 1. The van der Waals surface area contributed by atoms with E-state index in [0.717, 1.165) is 25.2 Å². The fourth-order valence-corrected chi connectivity index (χ4v) is 2.29. The summed E-state index contributed by atoms with van der Waals surface area (Å²) < 4.78 is 10.5. The van der Waals surface area contributed by atoms with Gasteiger partial charge in [0.05, 0.1) is 13.2 Å². The van der Waals surface area contributed by atoms with Crippen molar-refractivity contribution < 1.29 is 9.47 Å². The van der Waals surface area contributed by atoms with Crippen molar-refractivity contribution in [2.24, 2.45) is 10.7 Å². The SMILES string of the molecule is COCC(C)NC(N)=NCCc1ccc2c(c1)CCO2.I. The third kappa shape index (κ3) is 5.70. The number of aliphatic imine (C=N–C) groups is 1. The zero-order valence-corrected chi connectivity index (χ0v) is 14.9. The normalized spacial score (nSPS) is 14.9. The highest BCUT2D eigenvalue weighted by molar-refractivity contribution is 14.0. The third-order valence-electron chi connectivity index (χ3n) is 3.25. The van der Waals surface area contributed by atoms with E-state index >= 15 is 0 Å². The number of nitrogens with two attached hydrogens (primary N) is 1. The number of nitrogens with zero attached hydrogens (tertiary/aromatic N) is 1. The monoisotopic (exact) mass is 405 g/mol. The van der Waals surface area contributed by atoms with Crippen molar-refractivity contribution in [1.82, 2.24) is 5.32 Å². The number of benzene rings is 1. The predicted octanol–water partition coefficient (Wildman–Crippen LogP) is 1.72. The average molecular weight is 405 g/mol. The van der Waals surface area contributed by atoms with Gasteiger partial charge in [0.1, 0.15) is 5.75 Å². The number of nitrogens with one attached hydrogen (secondary N) is 1. The Kier molecular flexibility index (Phi) is 7.81. The Balaban J connectivity index is 0.00000220. The molecular formula is C15H24IN3O2. The second-order valence-corrected chi connectivity index (χ2v) is 5.06. The lowest BCUT2D eigenvalue weighted by atomic mass is 10.1. The third-order valence-corrected chi connectivity index (χ3v) is 3.25. The molecule has 1 aromatic carbocycles. The molecule has 1 aliphatic heterocycles. The zero-order valence-electron chi connectivity index (χ0n) is 12.6. The highest BCUT2D eigenvalue weighted by Crippen LogP contribution is 2.25. The summed E-state index contributed by atoms with van der Waals surface area (Å²) in [5.41, 5.74) is 8.39. The highest BCUT2D eigenvalue weighted by atomic mass is 127. The zero-order chi connectivity index (χ0) is 14.4. The van der Waals surface area contributed by atoms with Gasteiger partial charge in [-0.3, -0.25) is 4.99 Å². The molecule has 5 nitrogen and oxygen atoms in total. The molecule has 0 spiro atoms. The van der Waals surface area contributed by atoms with Crippen molar-refractivity contribution in [2.45, 2.75) is 25.8 Å². The van der Waals surface area contributed by atoms with Crippen LogP contribution >= 0.6 is 24.0 Å². The van der Waals surface area contributed by atoms with E-state index in [0.29, 0.717) is 19.1 Å². The van der Waals surface area contributed by atoms with Crippen molar-refractivity contribution in [3.63, 3.8) is 0 Å². The van der Waals surface area contributed by atoms with Gasteiger partial charge in [0.25, 0.3) is 0 Å². The quantitative estimate of drug-likeness (QED) is 0.430. The number of ether oxygens (including phenoxy) is 2. The Morgan fingerprint density at radius 2 is 2.33 bits per heavy atom. The molecule has 6 heteroatoms. The standard InChI is InChI=1S/C15H23N3O2.HI/c1-11(10-19-2)18-15(16)17-7-5-12-3-4-14-13(9-12)6-8-20-14;/h3-4,9,11H,5-8,10H2,1-2H3,(H3,16,17,18);1H. The van der Waals surface area contributed by atoms with Crippen LogP contribution in [0.2, 0.25) is 0 Å². The van der Waals surface area contributed by atoms with E-state index in [1.54, 1.807) is 7.11 Å². The van der Waals surface area contributed by atoms with Crippen molar-refractivity contribution in [3.8, 4) is 5.75 Å². The van der Waals surface area contributed by atoms with Crippen LogP contribution in [-0.4, -0.2) is 38.9 Å². The molecule has 21 heavy (non-hydrogen) atoms. The summed E-state index contributed by atoms with van der Waals surface area (Å²) in [7, 11) is 1.67. The number of hydrogen-bond acceptors (Lipinski definition) is 3. The first kappa shape index (κ1) is 18.0. The number of fused-ring (bicyclic) bond motifs is 1. The molecule has 0 bridgehead atoms. The van der Waals surface area contributed by atoms with Crippen LogP contribution in [0, 0.1) is 0 Å². The van der Waals surface area contributed by atoms with Crippen LogP contribution < -0.4 is 15.8 Å². The summed E-state index contributed by atoms with van der Waals surface area (Å²) in [6.45, 7) is 4.09. The first-order chi connectivity index (χ1) is 9.69. The van der Waals surface area contributed by atoms with Gasteiger partial charge in [-0.15, -0.1) is 24.0 Å². The lowest BCUT2D eigenvalue weighted by Gasteiger charge is -2.13. The van der Waals surface area contributed by atoms with Crippen LogP contribution in [0.3, 0.4) is 0 Å². The molecule has 1 unspecified atom stereocenters. The Morgan fingerprint density at radius 3 is 3.10 bits per heavy atom. The molecule has 1 aliphatic rings. The van der Waals surface area contributed by atoms with Gasteiger partial charge in [-0.1, -0.05) is 12.1 Å². The van der Waals surface area contributed by atoms with Gasteiger partial charge in [-0.05, 0) is 30.5 Å². The summed E-state index contributed by atoms with van der Waals surface area (Å²) in [4.78, 5) is 4.33. The van der Waals surface area contributed by atoms with Gasteiger partial charge in [0.2, 0.25) is 0 Å². The van der Waals surface area contributed by atoms with Crippen molar-refractivity contribution in [1.29, 1.82) is 0 Å². The van der Waals surface area contributed by atoms with Gasteiger partial charge < -0.3 is 20.5 Å². The first-order valence-corrected chi connectivity index (χ1v) is 6.99. The smallest absolute Gasteiger partial charge is 0.188 e. The molecule has 0 amide bonds. The van der Waals surface area contributed by atoms with Gasteiger partial charge in [0, 0.05) is 26.1 Å². The van der Waals surface area contributed by atoms with E-state index in [-0.39, 0.29) is 30.0 Å². The van der Waals surface area contributed by atoms with E-state index in [4.69, 9.17) is 15.2 Å². The van der Waals surface area contributed by atoms with Crippen LogP contribution in [0.15, 0.2) is 23.2 Å². The molecule has 0 saturated heterocycles. The number of halogens is 1. The maximum atomic E-state index is 5.82. The summed E-state index contributed by atoms with van der Waals surface area (Å²) in [6, 6.07) is 6.51. The molecule has 2 rings (SSSR count). The van der Waals surface area contributed by atoms with Crippen molar-refractivity contribution in [2.75, 3.05) is 26.9 Å². The van der Waals surface area contributed by atoms with Crippen molar-refractivity contribution in [3.05, 3.63) is 29.3 Å². The number of hydrogen-bond donors (Lipinski definition) is 2. The Hall–Kier alpha value is -1.02. The largest absolute Gasteiger partial charge is 0.493 e. The maximum Gasteiger partial charge on any atom is 0.188 e. The number of rotatable bonds is 6. The lowest BCUT2D eigenvalue weighted by molar-refractivity contribution is 0.179. The predicted molar refractivity (Wildman–Crippen MR) is 95.7 cm³/mol. The van der Waals surface area contributed by atoms with E-state index < -0.39 is 0 Å². The minimum atomic E-state index is 0. The molecule has 0 aromatic heterocycles. The molecule has 3 N–H and O–H groups in total. The van der Waals surface area contributed by atoms with Gasteiger partial charge in [-0.25, -0.2) is 0 Å². The van der Waals surface area contributed by atoms with E-state index in [1.165, 1.54) is 11.1 Å². The maximum absolute atomic E-state index is 5.82. The number of methoxy groups -OCH3 is 1. The molecule has 0 fully saturated rings. The summed E-state index contributed by atoms with van der Waals surface area (Å²) in [5, 5.41) is 3.09. The fraction of sp³-hybridized carbons (Fsp3) is 0.533. The molecular weight excluding hydrogens is 381 g/mol. The molecule has 1 heterocycles. The summed E-state index contributed by atoms with van der Waals surface area (Å²) in [5.74, 6) is 1.49. The summed E-state index contributed by atoms with van der Waals surface area (Å²) >= 11 is 0. The average Bonchev–Trinajstić information content (AvgIpc) is 2.86. The molecule has 0 saturated carbocycles. The minimum absolute atomic E-state index is 0. The molecule has 1 aromatic rings. The Labute approximate surface area is 143 Å². The minimum Gasteiger partial charge on any atom is -0.493 e. The van der Waals surface area contributed by atoms with Crippen LogP contribution in [0.25, 0.3) is 0 Å². The molecule has 0 radical (unpaired) electrons. The topological polar surface area (TPSA) is 68.9 Å². The summed E-state index contributed by atoms with van der Waals surface area (Å²) in [6.07, 6.45) is 1.89. The first-order valence-electron chi connectivity index (χ1n) is 6.99. The van der Waals surface area contributed by atoms with Crippen LogP contribution in [0.4, 0.5) is 0 Å². The highest BCUT2D eigenvalue weighted by Gasteiger charge is 2.11. The molecule has 1 atom stereocenters. The van der Waals surface area contributed by atoms with Gasteiger partial charge in [0.15, 0.2) is 5.96 Å². The van der Waals surface area contributed by atoms with Gasteiger partial charge in [-0.2, -0.15) is 0 Å². The van der Waals surface area contributed by atoms with E-state index in [9.17, 15) is 0 Å². The van der Waals surface area contributed by atoms with Crippen LogP contribution in [-0.2, 0) is 17.6 Å². The lowest BCUT2D eigenvalue weighted by Crippen LogP contribution is -2.40. The second-order valence-electron chi connectivity index (χ2n) is 5.06. The fourth-order valence-electron chi connectivity index (χ4n) is 2.29.